The van der Waals surface area contributed by atoms with Gasteiger partial charge in [0.2, 0.25) is 17.7 Å². The predicted molar refractivity (Wildman–Crippen MR) is 112 cm³/mol. The quantitative estimate of drug-likeness (QED) is 0.188. The minimum Gasteiger partial charge on any atom is -0.508 e. The maximum atomic E-state index is 12.2. The minimum absolute atomic E-state index is 0.0422. The zero-order chi connectivity index (χ0) is 22.0. The molecule has 0 aliphatic carbocycles. The minimum atomic E-state index is -1.25. The van der Waals surface area contributed by atoms with Crippen molar-refractivity contribution in [1.82, 2.24) is 16.0 Å². The number of amides is 3. The van der Waals surface area contributed by atoms with E-state index < -0.39 is 48.4 Å². The average Bonchev–Trinajstić information content (AvgIpc) is 2.69. The van der Waals surface area contributed by atoms with Gasteiger partial charge in [-0.25, -0.2) is 4.79 Å². The lowest BCUT2D eigenvalue weighted by Gasteiger charge is -2.19. The Hall–Kier alpha value is -2.44. The number of phenols is 1. The number of phenolic OH excluding ortho intramolecular Hbond substituents is 1. The molecule has 12 heteroatoms. The SMILES string of the molecule is NC(Cc1ccc(O)cc1)C(=O)NC(CS)C(=O)NCC(=O)NC(CS)C(=O)O. The predicted octanol–water partition coefficient (Wildman–Crippen LogP) is -1.71. The third-order valence-corrected chi connectivity index (χ3v) is 4.51. The van der Waals surface area contributed by atoms with Crippen LogP contribution < -0.4 is 21.7 Å². The number of thiol groups is 2. The molecule has 0 saturated heterocycles. The van der Waals surface area contributed by atoms with Crippen LogP contribution >= 0.6 is 25.3 Å². The van der Waals surface area contributed by atoms with Crippen LogP contribution in [0, 0.1) is 0 Å². The highest BCUT2D eigenvalue weighted by atomic mass is 32.1. The van der Waals surface area contributed by atoms with Crippen molar-refractivity contribution in [3.05, 3.63) is 29.8 Å². The number of hydrogen-bond acceptors (Lipinski definition) is 8. The summed E-state index contributed by atoms with van der Waals surface area (Å²) in [4.78, 5) is 47.0. The monoisotopic (exact) mass is 444 g/mol. The van der Waals surface area contributed by atoms with Gasteiger partial charge >= 0.3 is 5.97 Å². The second kappa shape index (κ2) is 12.2. The van der Waals surface area contributed by atoms with Crippen molar-refractivity contribution in [3.8, 4) is 5.75 Å². The number of carbonyl (C=O) groups excluding carboxylic acids is 3. The first-order valence-corrected chi connectivity index (χ1v) is 9.79. The van der Waals surface area contributed by atoms with E-state index in [9.17, 15) is 24.3 Å². The number of aromatic hydroxyl groups is 1. The molecule has 0 saturated carbocycles. The Morgan fingerprint density at radius 3 is 2.07 bits per heavy atom. The van der Waals surface area contributed by atoms with Gasteiger partial charge in [-0.1, -0.05) is 12.1 Å². The number of hydrogen-bond donors (Lipinski definition) is 8. The van der Waals surface area contributed by atoms with Gasteiger partial charge in [-0.2, -0.15) is 25.3 Å². The lowest BCUT2D eigenvalue weighted by molar-refractivity contribution is -0.141. The lowest BCUT2D eigenvalue weighted by atomic mass is 10.1. The maximum absolute atomic E-state index is 12.2. The van der Waals surface area contributed by atoms with E-state index in [1.807, 2.05) is 0 Å². The summed E-state index contributed by atoms with van der Waals surface area (Å²) in [5, 5.41) is 25.1. The Morgan fingerprint density at radius 2 is 1.55 bits per heavy atom. The van der Waals surface area contributed by atoms with Crippen LogP contribution in [0.25, 0.3) is 0 Å². The van der Waals surface area contributed by atoms with Crippen LogP contribution in [0.1, 0.15) is 5.56 Å². The van der Waals surface area contributed by atoms with Crippen LogP contribution in [0.15, 0.2) is 24.3 Å². The number of carbonyl (C=O) groups is 4. The van der Waals surface area contributed by atoms with Gasteiger partial charge in [0.05, 0.1) is 12.6 Å². The molecule has 7 N–H and O–H groups in total. The van der Waals surface area contributed by atoms with E-state index in [1.165, 1.54) is 12.1 Å². The molecule has 1 aromatic carbocycles. The number of carboxylic acid groups (broad SMARTS) is 1. The van der Waals surface area contributed by atoms with Crippen LogP contribution in [-0.2, 0) is 25.6 Å². The first-order valence-electron chi connectivity index (χ1n) is 8.53. The summed E-state index contributed by atoms with van der Waals surface area (Å²) in [7, 11) is 0. The van der Waals surface area contributed by atoms with Gasteiger partial charge in [0.15, 0.2) is 0 Å². The summed E-state index contributed by atoms with van der Waals surface area (Å²) < 4.78 is 0. The molecule has 0 aliphatic rings. The largest absolute Gasteiger partial charge is 0.508 e. The number of nitrogens with one attached hydrogen (secondary N) is 3. The van der Waals surface area contributed by atoms with Gasteiger partial charge in [0, 0.05) is 11.5 Å². The third-order valence-electron chi connectivity index (χ3n) is 3.78. The fourth-order valence-corrected chi connectivity index (χ4v) is 2.68. The van der Waals surface area contributed by atoms with E-state index in [2.05, 4.69) is 41.2 Å². The van der Waals surface area contributed by atoms with E-state index in [4.69, 9.17) is 10.8 Å². The molecule has 0 bridgehead atoms. The molecule has 0 aliphatic heterocycles. The Morgan fingerprint density at radius 1 is 0.966 bits per heavy atom. The molecule has 3 unspecified atom stereocenters. The van der Waals surface area contributed by atoms with Gasteiger partial charge in [-0.05, 0) is 24.1 Å². The molecule has 0 fully saturated rings. The second-order valence-corrected chi connectivity index (χ2v) is 6.81. The summed E-state index contributed by atoms with van der Waals surface area (Å²) >= 11 is 7.84. The lowest BCUT2D eigenvalue weighted by Crippen LogP contribution is -2.54. The van der Waals surface area contributed by atoms with Crippen LogP contribution in [0.4, 0.5) is 0 Å². The van der Waals surface area contributed by atoms with Gasteiger partial charge in [0.1, 0.15) is 17.8 Å². The highest BCUT2D eigenvalue weighted by Crippen LogP contribution is 2.11. The average molecular weight is 445 g/mol. The van der Waals surface area contributed by atoms with Crippen LogP contribution in [0.5, 0.6) is 5.75 Å². The second-order valence-electron chi connectivity index (χ2n) is 6.08. The van der Waals surface area contributed by atoms with Crippen molar-refractivity contribution in [1.29, 1.82) is 0 Å². The Bertz CT molecular complexity index is 731. The third kappa shape index (κ3) is 8.62. The van der Waals surface area contributed by atoms with Crippen molar-refractivity contribution in [3.63, 3.8) is 0 Å². The molecular formula is C17H24N4O6S2. The van der Waals surface area contributed by atoms with E-state index >= 15 is 0 Å². The zero-order valence-corrected chi connectivity index (χ0v) is 17.2. The molecule has 0 radical (unpaired) electrons. The summed E-state index contributed by atoms with van der Waals surface area (Å²) in [6, 6.07) is 3.03. The molecule has 1 aromatic rings. The van der Waals surface area contributed by atoms with Gasteiger partial charge < -0.3 is 31.9 Å². The molecular weight excluding hydrogens is 420 g/mol. The highest BCUT2D eigenvalue weighted by molar-refractivity contribution is 7.80. The summed E-state index contributed by atoms with van der Waals surface area (Å²) in [5.74, 6) is -3.28. The Labute approximate surface area is 178 Å². The van der Waals surface area contributed by atoms with Crippen molar-refractivity contribution in [2.24, 2.45) is 5.73 Å². The molecule has 3 amide bonds. The summed E-state index contributed by atoms with van der Waals surface area (Å²) in [5.41, 5.74) is 6.58. The molecule has 0 aromatic heterocycles. The number of rotatable bonds is 11. The van der Waals surface area contributed by atoms with E-state index in [0.29, 0.717) is 0 Å². The number of nitrogens with two attached hydrogens (primary N) is 1. The van der Waals surface area contributed by atoms with Crippen molar-refractivity contribution in [2.45, 2.75) is 24.5 Å². The Balaban J connectivity index is 2.52. The number of aliphatic carboxylic acids is 1. The maximum Gasteiger partial charge on any atom is 0.327 e. The van der Waals surface area contributed by atoms with E-state index in [0.717, 1.165) is 5.56 Å². The zero-order valence-electron chi connectivity index (χ0n) is 15.4. The standard InChI is InChI=1S/C17H24N4O6S2/c18-11(5-9-1-3-10(22)4-2-9)15(24)21-12(7-28)16(25)19-6-14(23)20-13(8-29)17(26)27/h1-4,11-13,22,28-29H,5-8,18H2,(H,19,25)(H,20,23)(H,21,24)(H,26,27). The number of benzene rings is 1. The van der Waals surface area contributed by atoms with Gasteiger partial charge in [-0.3, -0.25) is 14.4 Å². The molecule has 160 valence electrons. The fourth-order valence-electron chi connectivity index (χ4n) is 2.17. The molecule has 0 spiro atoms. The number of carboxylic acids is 1. The van der Waals surface area contributed by atoms with Crippen molar-refractivity contribution < 1.29 is 29.4 Å². The molecule has 1 rings (SSSR count). The molecule has 29 heavy (non-hydrogen) atoms. The van der Waals surface area contributed by atoms with Crippen molar-refractivity contribution >= 4 is 48.9 Å². The van der Waals surface area contributed by atoms with Crippen LogP contribution in [-0.4, -0.2) is 70.1 Å². The highest BCUT2D eigenvalue weighted by Gasteiger charge is 2.24. The van der Waals surface area contributed by atoms with E-state index in [1.54, 1.807) is 12.1 Å². The van der Waals surface area contributed by atoms with Gasteiger partial charge in [0.25, 0.3) is 0 Å². The van der Waals surface area contributed by atoms with Crippen molar-refractivity contribution in [2.75, 3.05) is 18.1 Å². The normalized spacial score (nSPS) is 13.6. The van der Waals surface area contributed by atoms with Crippen LogP contribution in [0.2, 0.25) is 0 Å². The van der Waals surface area contributed by atoms with E-state index in [-0.39, 0.29) is 23.7 Å². The van der Waals surface area contributed by atoms with Gasteiger partial charge in [-0.15, -0.1) is 0 Å². The first kappa shape index (κ1) is 24.6. The smallest absolute Gasteiger partial charge is 0.327 e. The summed E-state index contributed by atoms with van der Waals surface area (Å²) in [6.45, 7) is -0.476. The summed E-state index contributed by atoms with van der Waals surface area (Å²) in [6.07, 6.45) is 0.190. The fraction of sp³-hybridized carbons (Fsp3) is 0.412. The molecule has 3 atom stereocenters. The molecule has 0 heterocycles. The Kier molecular flexibility index (Phi) is 10.3. The first-order chi connectivity index (χ1) is 13.7. The molecule has 10 nitrogen and oxygen atoms in total. The van der Waals surface area contributed by atoms with Crippen LogP contribution in [0.3, 0.4) is 0 Å². The topological polar surface area (TPSA) is 171 Å².